The summed E-state index contributed by atoms with van der Waals surface area (Å²) in [5, 5.41) is 9.02. The topological polar surface area (TPSA) is 46.5 Å². The zero-order chi connectivity index (χ0) is 14.7. The fourth-order valence-corrected chi connectivity index (χ4v) is 2.16. The molecule has 0 spiro atoms. The molecule has 2 aromatic rings. The second-order valence-electron chi connectivity index (χ2n) is 3.97. The molecule has 0 aliphatic carbocycles. The van der Waals surface area contributed by atoms with Gasteiger partial charge >= 0.3 is 5.97 Å². The van der Waals surface area contributed by atoms with E-state index in [9.17, 15) is 9.18 Å². The van der Waals surface area contributed by atoms with Crippen molar-refractivity contribution in [1.82, 2.24) is 0 Å². The molecule has 0 bridgehead atoms. The van der Waals surface area contributed by atoms with Crippen molar-refractivity contribution in [2.24, 2.45) is 0 Å². The van der Waals surface area contributed by atoms with Gasteiger partial charge in [-0.1, -0.05) is 27.5 Å². The van der Waals surface area contributed by atoms with E-state index in [2.05, 4.69) is 15.9 Å². The third-order valence-corrected chi connectivity index (χ3v) is 3.64. The van der Waals surface area contributed by atoms with Gasteiger partial charge in [-0.25, -0.2) is 9.18 Å². The highest BCUT2D eigenvalue weighted by molar-refractivity contribution is 9.10. The van der Waals surface area contributed by atoms with Crippen LogP contribution in [0.2, 0.25) is 5.02 Å². The third-order valence-electron chi connectivity index (χ3n) is 2.57. The van der Waals surface area contributed by atoms with Crippen LogP contribution >= 0.6 is 27.5 Å². The van der Waals surface area contributed by atoms with Gasteiger partial charge in [0.15, 0.2) is 0 Å². The molecule has 6 heteroatoms. The first-order chi connectivity index (χ1) is 9.47. The molecule has 20 heavy (non-hydrogen) atoms. The smallest absolute Gasteiger partial charge is 0.335 e. The molecule has 104 valence electrons. The predicted octanol–water partition coefficient (Wildman–Crippen LogP) is 4.52. The fourth-order valence-electron chi connectivity index (χ4n) is 1.56. The summed E-state index contributed by atoms with van der Waals surface area (Å²) >= 11 is 9.23. The highest BCUT2D eigenvalue weighted by atomic mass is 79.9. The van der Waals surface area contributed by atoms with E-state index in [1.54, 1.807) is 6.07 Å². The van der Waals surface area contributed by atoms with Crippen LogP contribution in [0.3, 0.4) is 0 Å². The molecule has 0 aromatic heterocycles. The Bertz CT molecular complexity index is 661. The molecular weight excluding hydrogens is 351 g/mol. The van der Waals surface area contributed by atoms with E-state index in [0.717, 1.165) is 4.47 Å². The zero-order valence-corrected chi connectivity index (χ0v) is 12.4. The first kappa shape index (κ1) is 14.8. The summed E-state index contributed by atoms with van der Waals surface area (Å²) in [6.45, 7) is 0.116. The van der Waals surface area contributed by atoms with Gasteiger partial charge < -0.3 is 9.84 Å². The minimum Gasteiger partial charge on any atom is -0.487 e. The Morgan fingerprint density at radius 1 is 1.30 bits per heavy atom. The van der Waals surface area contributed by atoms with Crippen molar-refractivity contribution in [3.63, 3.8) is 0 Å². The van der Waals surface area contributed by atoms with E-state index in [1.807, 2.05) is 0 Å². The van der Waals surface area contributed by atoms with Gasteiger partial charge in [0.25, 0.3) is 0 Å². The Hall–Kier alpha value is -1.59. The lowest BCUT2D eigenvalue weighted by atomic mass is 10.2. The van der Waals surface area contributed by atoms with Crippen molar-refractivity contribution in [3.8, 4) is 5.75 Å². The first-order valence-electron chi connectivity index (χ1n) is 5.57. The molecule has 2 aromatic carbocycles. The van der Waals surface area contributed by atoms with Gasteiger partial charge in [0.2, 0.25) is 0 Å². The Kier molecular flexibility index (Phi) is 4.62. The fraction of sp³-hybridized carbons (Fsp3) is 0.0714. The third kappa shape index (κ3) is 3.49. The number of carbonyl (C=O) groups is 1. The van der Waals surface area contributed by atoms with Crippen LogP contribution in [-0.2, 0) is 6.61 Å². The molecule has 0 atom stereocenters. The number of ether oxygens (including phenoxy) is 1. The van der Waals surface area contributed by atoms with Gasteiger partial charge in [-0.3, -0.25) is 0 Å². The van der Waals surface area contributed by atoms with Crippen LogP contribution in [0.5, 0.6) is 5.75 Å². The Balaban J connectivity index is 2.15. The van der Waals surface area contributed by atoms with E-state index < -0.39 is 5.97 Å². The molecule has 3 nitrogen and oxygen atoms in total. The van der Waals surface area contributed by atoms with Gasteiger partial charge in [-0.2, -0.15) is 0 Å². The summed E-state index contributed by atoms with van der Waals surface area (Å²) < 4.78 is 19.3. The van der Waals surface area contributed by atoms with E-state index in [0.29, 0.717) is 11.3 Å². The molecule has 2 rings (SSSR count). The minimum absolute atomic E-state index is 0.0780. The molecule has 0 radical (unpaired) electrons. The average Bonchev–Trinajstić information content (AvgIpc) is 2.40. The quantitative estimate of drug-likeness (QED) is 0.873. The number of aromatic carboxylic acids is 1. The highest BCUT2D eigenvalue weighted by Crippen LogP contribution is 2.27. The molecule has 0 aliphatic heterocycles. The number of rotatable bonds is 4. The van der Waals surface area contributed by atoms with Gasteiger partial charge in [0.05, 0.1) is 10.6 Å². The molecule has 0 heterocycles. The van der Waals surface area contributed by atoms with Crippen LogP contribution in [0, 0.1) is 5.82 Å². The summed E-state index contributed by atoms with van der Waals surface area (Å²) in [5.74, 6) is -1.08. The monoisotopic (exact) mass is 358 g/mol. The maximum Gasteiger partial charge on any atom is 0.335 e. The zero-order valence-electron chi connectivity index (χ0n) is 10.1. The van der Waals surface area contributed by atoms with Crippen LogP contribution in [-0.4, -0.2) is 11.1 Å². The van der Waals surface area contributed by atoms with Crippen LogP contribution in [0.25, 0.3) is 0 Å². The SMILES string of the molecule is O=C(O)c1ccc(OCc2cc(F)ccc2Br)c(Cl)c1. The number of carboxylic acids is 1. The lowest BCUT2D eigenvalue weighted by molar-refractivity contribution is 0.0697. The van der Waals surface area contributed by atoms with Gasteiger partial charge in [0.1, 0.15) is 18.2 Å². The van der Waals surface area contributed by atoms with E-state index >= 15 is 0 Å². The average molecular weight is 360 g/mol. The lowest BCUT2D eigenvalue weighted by Crippen LogP contribution is -2.00. The molecule has 0 fully saturated rings. The number of benzene rings is 2. The van der Waals surface area contributed by atoms with Crippen LogP contribution in [0.15, 0.2) is 40.9 Å². The lowest BCUT2D eigenvalue weighted by Gasteiger charge is -2.10. The first-order valence-corrected chi connectivity index (χ1v) is 6.74. The maximum absolute atomic E-state index is 13.1. The Labute approximate surface area is 128 Å². The van der Waals surface area contributed by atoms with Crippen LogP contribution in [0.4, 0.5) is 4.39 Å². The van der Waals surface area contributed by atoms with E-state index in [1.165, 1.54) is 30.3 Å². The Morgan fingerprint density at radius 2 is 2.05 bits per heavy atom. The van der Waals surface area contributed by atoms with E-state index in [-0.39, 0.29) is 23.0 Å². The number of hydrogen-bond acceptors (Lipinski definition) is 2. The Morgan fingerprint density at radius 3 is 2.70 bits per heavy atom. The molecular formula is C14H9BrClFO3. The minimum atomic E-state index is -1.06. The number of hydrogen-bond donors (Lipinski definition) is 1. The summed E-state index contributed by atoms with van der Waals surface area (Å²) in [7, 11) is 0. The van der Waals surface area contributed by atoms with Gasteiger partial charge in [0, 0.05) is 10.0 Å². The summed E-state index contributed by atoms with van der Waals surface area (Å²) in [5.41, 5.74) is 0.706. The summed E-state index contributed by atoms with van der Waals surface area (Å²) in [6.07, 6.45) is 0. The van der Waals surface area contributed by atoms with Crippen LogP contribution in [0.1, 0.15) is 15.9 Å². The normalized spacial score (nSPS) is 10.3. The van der Waals surface area contributed by atoms with Crippen LogP contribution < -0.4 is 4.74 Å². The predicted molar refractivity (Wildman–Crippen MR) is 76.8 cm³/mol. The van der Waals surface area contributed by atoms with Crippen molar-refractivity contribution in [2.75, 3.05) is 0 Å². The van der Waals surface area contributed by atoms with Gasteiger partial charge in [-0.05, 0) is 36.4 Å². The van der Waals surface area contributed by atoms with Crippen molar-refractivity contribution in [1.29, 1.82) is 0 Å². The van der Waals surface area contributed by atoms with E-state index in [4.69, 9.17) is 21.4 Å². The number of carboxylic acid groups (broad SMARTS) is 1. The summed E-state index contributed by atoms with van der Waals surface area (Å²) in [4.78, 5) is 10.8. The molecule has 1 N–H and O–H groups in total. The highest BCUT2D eigenvalue weighted by Gasteiger charge is 2.09. The van der Waals surface area contributed by atoms with Crippen molar-refractivity contribution < 1.29 is 19.0 Å². The van der Waals surface area contributed by atoms with Crippen molar-refractivity contribution in [2.45, 2.75) is 6.61 Å². The standard InChI is InChI=1S/C14H9BrClFO3/c15-11-3-2-10(17)5-9(11)7-20-13-4-1-8(14(18)19)6-12(13)16/h1-6H,7H2,(H,18,19). The van der Waals surface area contributed by atoms with Crippen molar-refractivity contribution >= 4 is 33.5 Å². The molecule has 0 saturated carbocycles. The van der Waals surface area contributed by atoms with Crippen molar-refractivity contribution in [3.05, 3.63) is 62.8 Å². The molecule has 0 saturated heterocycles. The summed E-state index contributed by atoms with van der Waals surface area (Å²) in [6, 6.07) is 8.44. The molecule has 0 unspecified atom stereocenters. The second kappa shape index (κ2) is 6.24. The largest absolute Gasteiger partial charge is 0.487 e. The second-order valence-corrected chi connectivity index (χ2v) is 5.24. The molecule has 0 aliphatic rings. The number of halogens is 3. The van der Waals surface area contributed by atoms with Gasteiger partial charge in [-0.15, -0.1) is 0 Å². The molecule has 0 amide bonds. The maximum atomic E-state index is 13.1.